The van der Waals surface area contributed by atoms with E-state index in [0.29, 0.717) is 29.2 Å². The summed E-state index contributed by atoms with van der Waals surface area (Å²) in [5.41, 5.74) is 2.60. The molecule has 0 radical (unpaired) electrons. The Bertz CT molecular complexity index is 1040. The molecule has 0 saturated carbocycles. The molecule has 0 aliphatic carbocycles. The van der Waals surface area contributed by atoms with Crippen LogP contribution in [0.25, 0.3) is 22.6 Å². The molecule has 3 heterocycles. The molecule has 1 N–H and O–H groups in total. The second kappa shape index (κ2) is 5.52. The van der Waals surface area contributed by atoms with Gasteiger partial charge in [-0.25, -0.2) is 9.97 Å². The van der Waals surface area contributed by atoms with Crippen LogP contribution in [0, 0.1) is 11.3 Å². The van der Waals surface area contributed by atoms with Crippen molar-refractivity contribution in [1.29, 1.82) is 5.26 Å². The number of phenolic OH excluding ortho intramolecular Hbond substituents is 1. The number of hydrogen-bond donors (Lipinski definition) is 1. The van der Waals surface area contributed by atoms with Gasteiger partial charge in [0.2, 0.25) is 5.82 Å². The molecule has 116 valence electrons. The van der Waals surface area contributed by atoms with Gasteiger partial charge >= 0.3 is 0 Å². The van der Waals surface area contributed by atoms with Crippen LogP contribution in [0.1, 0.15) is 11.4 Å². The van der Waals surface area contributed by atoms with Gasteiger partial charge in [0, 0.05) is 0 Å². The Labute approximate surface area is 136 Å². The van der Waals surface area contributed by atoms with Crippen LogP contribution in [0.3, 0.4) is 0 Å². The predicted octanol–water partition coefficient (Wildman–Crippen LogP) is 2.71. The maximum absolute atomic E-state index is 9.38. The monoisotopic (exact) mass is 317 g/mol. The number of furan rings is 1. The zero-order valence-corrected chi connectivity index (χ0v) is 12.4. The molecule has 4 aromatic rings. The van der Waals surface area contributed by atoms with Crippen molar-refractivity contribution in [2.75, 3.05) is 0 Å². The molecule has 0 bridgehead atoms. The van der Waals surface area contributed by atoms with Crippen LogP contribution in [0.15, 0.2) is 53.4 Å². The number of nitrogens with zero attached hydrogens (tertiary/aromatic N) is 5. The van der Waals surface area contributed by atoms with Gasteiger partial charge in [0.15, 0.2) is 11.4 Å². The first-order valence-electron chi connectivity index (χ1n) is 7.19. The Balaban J connectivity index is 1.85. The van der Waals surface area contributed by atoms with Crippen molar-refractivity contribution >= 4 is 11.2 Å². The molecule has 0 saturated heterocycles. The normalized spacial score (nSPS) is 10.8. The minimum Gasteiger partial charge on any atom is -0.508 e. The van der Waals surface area contributed by atoms with Crippen molar-refractivity contribution < 1.29 is 9.52 Å². The fourth-order valence-electron chi connectivity index (χ4n) is 2.49. The highest BCUT2D eigenvalue weighted by Gasteiger charge is 2.16. The van der Waals surface area contributed by atoms with Gasteiger partial charge in [-0.05, 0) is 29.8 Å². The molecule has 4 rings (SSSR count). The molecule has 7 heteroatoms. The topological polar surface area (TPSA) is 101 Å². The highest BCUT2D eigenvalue weighted by molar-refractivity contribution is 5.85. The molecule has 0 fully saturated rings. The lowest BCUT2D eigenvalue weighted by atomic mass is 10.2. The fourth-order valence-corrected chi connectivity index (χ4v) is 2.49. The van der Waals surface area contributed by atoms with Crippen molar-refractivity contribution in [3.05, 3.63) is 60.4 Å². The molecular formula is C17H11N5O2. The van der Waals surface area contributed by atoms with E-state index in [1.165, 1.54) is 0 Å². The van der Waals surface area contributed by atoms with E-state index in [0.717, 1.165) is 5.56 Å². The number of hydrogen-bond acceptors (Lipinski definition) is 6. The molecule has 0 spiro atoms. The Hall–Kier alpha value is -3.66. The number of imidazole rings is 1. The van der Waals surface area contributed by atoms with Crippen LogP contribution in [0.4, 0.5) is 0 Å². The standard InChI is InChI=1S/C17H11N5O2/c18-8-14-20-15(13-2-1-7-24-13)16-17(21-14)22(10-19-16)9-11-3-5-12(23)6-4-11/h1-7,10,23H,9H2. The largest absolute Gasteiger partial charge is 0.508 e. The lowest BCUT2D eigenvalue weighted by molar-refractivity contribution is 0.475. The average molecular weight is 317 g/mol. The Morgan fingerprint density at radius 2 is 2.00 bits per heavy atom. The Morgan fingerprint density at radius 1 is 1.17 bits per heavy atom. The molecule has 1 aromatic carbocycles. The third-order valence-corrected chi connectivity index (χ3v) is 3.61. The van der Waals surface area contributed by atoms with E-state index in [-0.39, 0.29) is 11.6 Å². The van der Waals surface area contributed by atoms with Gasteiger partial charge < -0.3 is 14.1 Å². The lowest BCUT2D eigenvalue weighted by Crippen LogP contribution is -2.01. The molecule has 0 amide bonds. The minimum atomic E-state index is 0.0568. The van der Waals surface area contributed by atoms with Crippen LogP contribution >= 0.6 is 0 Å². The molecule has 7 nitrogen and oxygen atoms in total. The molecular weight excluding hydrogens is 306 g/mol. The highest BCUT2D eigenvalue weighted by atomic mass is 16.3. The predicted molar refractivity (Wildman–Crippen MR) is 84.9 cm³/mol. The lowest BCUT2D eigenvalue weighted by Gasteiger charge is -2.05. The summed E-state index contributed by atoms with van der Waals surface area (Å²) in [6, 6.07) is 12.4. The minimum absolute atomic E-state index is 0.0568. The van der Waals surface area contributed by atoms with Crippen LogP contribution in [0.5, 0.6) is 5.75 Å². The van der Waals surface area contributed by atoms with Crippen LogP contribution < -0.4 is 0 Å². The van der Waals surface area contributed by atoms with E-state index in [9.17, 15) is 10.4 Å². The van der Waals surface area contributed by atoms with E-state index in [2.05, 4.69) is 15.0 Å². The summed E-state index contributed by atoms with van der Waals surface area (Å²) in [6.45, 7) is 0.510. The molecule has 0 unspecified atom stereocenters. The van der Waals surface area contributed by atoms with E-state index in [4.69, 9.17) is 4.42 Å². The number of rotatable bonds is 3. The van der Waals surface area contributed by atoms with E-state index < -0.39 is 0 Å². The number of benzene rings is 1. The first-order valence-corrected chi connectivity index (χ1v) is 7.19. The number of nitriles is 1. The third-order valence-electron chi connectivity index (χ3n) is 3.61. The van der Waals surface area contributed by atoms with Crippen molar-refractivity contribution in [3.63, 3.8) is 0 Å². The van der Waals surface area contributed by atoms with E-state index >= 15 is 0 Å². The van der Waals surface area contributed by atoms with Crippen molar-refractivity contribution in [1.82, 2.24) is 19.5 Å². The number of aromatic nitrogens is 4. The van der Waals surface area contributed by atoms with Gasteiger partial charge in [-0.2, -0.15) is 10.2 Å². The Morgan fingerprint density at radius 3 is 2.71 bits per heavy atom. The number of fused-ring (bicyclic) bond motifs is 1. The summed E-state index contributed by atoms with van der Waals surface area (Å²) in [5.74, 6) is 0.804. The van der Waals surface area contributed by atoms with Crippen LogP contribution in [-0.4, -0.2) is 24.6 Å². The summed E-state index contributed by atoms with van der Waals surface area (Å²) in [5, 5.41) is 18.6. The van der Waals surface area contributed by atoms with Crippen LogP contribution in [0.2, 0.25) is 0 Å². The van der Waals surface area contributed by atoms with Crippen molar-refractivity contribution in [2.45, 2.75) is 6.54 Å². The van der Waals surface area contributed by atoms with E-state index in [1.54, 1.807) is 36.9 Å². The van der Waals surface area contributed by atoms with Gasteiger partial charge in [0.25, 0.3) is 0 Å². The zero-order chi connectivity index (χ0) is 16.5. The summed E-state index contributed by atoms with van der Waals surface area (Å²) >= 11 is 0. The third kappa shape index (κ3) is 2.36. The molecule has 0 aliphatic rings. The van der Waals surface area contributed by atoms with E-state index in [1.807, 2.05) is 22.8 Å². The fraction of sp³-hybridized carbons (Fsp3) is 0.0588. The summed E-state index contributed by atoms with van der Waals surface area (Å²) in [6.07, 6.45) is 3.20. The second-order valence-corrected chi connectivity index (χ2v) is 5.20. The molecule has 24 heavy (non-hydrogen) atoms. The summed E-state index contributed by atoms with van der Waals surface area (Å²) < 4.78 is 7.22. The number of aromatic hydroxyl groups is 1. The Kier molecular flexibility index (Phi) is 3.21. The first-order chi connectivity index (χ1) is 11.7. The van der Waals surface area contributed by atoms with Gasteiger partial charge in [0.05, 0.1) is 19.1 Å². The van der Waals surface area contributed by atoms with Crippen molar-refractivity contribution in [2.24, 2.45) is 0 Å². The van der Waals surface area contributed by atoms with Gasteiger partial charge in [0.1, 0.15) is 23.0 Å². The maximum Gasteiger partial charge on any atom is 0.235 e. The second-order valence-electron chi connectivity index (χ2n) is 5.20. The summed E-state index contributed by atoms with van der Waals surface area (Å²) in [4.78, 5) is 12.9. The SMILES string of the molecule is N#Cc1nc(-c2ccco2)c2ncn(Cc3ccc(O)cc3)c2n1. The molecule has 3 aromatic heterocycles. The summed E-state index contributed by atoms with van der Waals surface area (Å²) in [7, 11) is 0. The molecule has 0 atom stereocenters. The van der Waals surface area contributed by atoms with Gasteiger partial charge in [-0.15, -0.1) is 0 Å². The van der Waals surface area contributed by atoms with Gasteiger partial charge in [-0.1, -0.05) is 12.1 Å². The smallest absolute Gasteiger partial charge is 0.235 e. The number of phenols is 1. The average Bonchev–Trinajstić information content (AvgIpc) is 3.26. The quantitative estimate of drug-likeness (QED) is 0.623. The first kappa shape index (κ1) is 14.0. The zero-order valence-electron chi connectivity index (χ0n) is 12.4. The molecule has 0 aliphatic heterocycles. The maximum atomic E-state index is 9.38. The van der Waals surface area contributed by atoms with Crippen LogP contribution in [-0.2, 0) is 6.54 Å². The van der Waals surface area contributed by atoms with Gasteiger partial charge in [-0.3, -0.25) is 0 Å². The highest BCUT2D eigenvalue weighted by Crippen LogP contribution is 2.26. The van der Waals surface area contributed by atoms with Crippen molar-refractivity contribution in [3.8, 4) is 23.3 Å².